The van der Waals surface area contributed by atoms with E-state index in [1.54, 1.807) is 33.8 Å². The van der Waals surface area contributed by atoms with Crippen LogP contribution in [0.15, 0.2) is 48.6 Å². The number of Topliss-reactive ketones (excluding diaryl/α,β-unsaturated/α-hetero) is 1. The summed E-state index contributed by atoms with van der Waals surface area (Å²) in [6.45, 7) is 14.4. The van der Waals surface area contributed by atoms with Crippen LogP contribution in [0.5, 0.6) is 0 Å². The summed E-state index contributed by atoms with van der Waals surface area (Å²) in [5.74, 6) is -2.44. The molecule has 170 valence electrons. The number of hydrogen-bond acceptors (Lipinski definition) is 7. The number of esters is 3. The Kier molecular flexibility index (Phi) is 10.1. The SMILES string of the molecule is C=CCC(C/C=C/C(=O)O[C@@H]1C=C(C)C(=O)C[C@@H]1C(=C)C)(C(=O)OCC)C(=O)OCC. The molecule has 1 rings (SSSR count). The molecule has 0 aromatic carbocycles. The summed E-state index contributed by atoms with van der Waals surface area (Å²) in [7, 11) is 0. The Morgan fingerprint density at radius 1 is 1.16 bits per heavy atom. The first-order chi connectivity index (χ1) is 14.6. The molecule has 0 saturated carbocycles. The number of ether oxygens (including phenoxy) is 3. The third kappa shape index (κ3) is 6.77. The summed E-state index contributed by atoms with van der Waals surface area (Å²) in [4.78, 5) is 49.5. The van der Waals surface area contributed by atoms with Crippen LogP contribution in [-0.4, -0.2) is 43.0 Å². The van der Waals surface area contributed by atoms with Crippen molar-refractivity contribution in [2.24, 2.45) is 11.3 Å². The molecule has 0 bridgehead atoms. The van der Waals surface area contributed by atoms with Crippen molar-refractivity contribution >= 4 is 23.7 Å². The van der Waals surface area contributed by atoms with Gasteiger partial charge in [-0.15, -0.1) is 6.58 Å². The minimum atomic E-state index is -1.63. The van der Waals surface area contributed by atoms with Gasteiger partial charge in [-0.3, -0.25) is 14.4 Å². The molecular weight excluding hydrogens is 400 g/mol. The summed E-state index contributed by atoms with van der Waals surface area (Å²) in [6.07, 6.45) is 5.10. The van der Waals surface area contributed by atoms with E-state index in [2.05, 4.69) is 13.2 Å². The van der Waals surface area contributed by atoms with Crippen LogP contribution < -0.4 is 0 Å². The minimum Gasteiger partial charge on any atom is -0.465 e. The summed E-state index contributed by atoms with van der Waals surface area (Å²) < 4.78 is 15.7. The molecule has 0 fully saturated rings. The van der Waals surface area contributed by atoms with E-state index in [1.165, 1.54) is 12.2 Å². The highest BCUT2D eigenvalue weighted by atomic mass is 16.6. The third-order valence-electron chi connectivity index (χ3n) is 5.09. The zero-order chi connectivity index (χ0) is 23.6. The van der Waals surface area contributed by atoms with Gasteiger partial charge >= 0.3 is 17.9 Å². The number of carbonyl (C=O) groups is 4. The molecule has 7 nitrogen and oxygen atoms in total. The van der Waals surface area contributed by atoms with Crippen LogP contribution in [0.25, 0.3) is 0 Å². The van der Waals surface area contributed by atoms with Crippen molar-refractivity contribution in [3.05, 3.63) is 48.6 Å². The fraction of sp³-hybridized carbons (Fsp3) is 0.500. The predicted molar refractivity (Wildman–Crippen MR) is 116 cm³/mol. The molecule has 0 spiro atoms. The lowest BCUT2D eigenvalue weighted by Crippen LogP contribution is -2.41. The zero-order valence-electron chi connectivity index (χ0n) is 18.8. The molecule has 0 N–H and O–H groups in total. The minimum absolute atomic E-state index is 0.00550. The molecule has 1 aliphatic rings. The molecule has 0 saturated heterocycles. The van der Waals surface area contributed by atoms with Gasteiger partial charge in [0.05, 0.1) is 13.2 Å². The molecule has 2 atom stereocenters. The van der Waals surface area contributed by atoms with Crippen molar-refractivity contribution in [1.29, 1.82) is 0 Å². The van der Waals surface area contributed by atoms with Crippen LogP contribution in [0.4, 0.5) is 0 Å². The Balaban J connectivity index is 3.02. The van der Waals surface area contributed by atoms with Gasteiger partial charge in [-0.2, -0.15) is 0 Å². The summed E-state index contributed by atoms with van der Waals surface area (Å²) in [6, 6.07) is 0. The summed E-state index contributed by atoms with van der Waals surface area (Å²) >= 11 is 0. The average Bonchev–Trinajstić information content (AvgIpc) is 2.69. The van der Waals surface area contributed by atoms with Crippen molar-refractivity contribution in [3.63, 3.8) is 0 Å². The molecule has 1 aliphatic carbocycles. The highest BCUT2D eigenvalue weighted by Gasteiger charge is 2.47. The molecule has 0 aliphatic heterocycles. The quantitative estimate of drug-likeness (QED) is 0.162. The predicted octanol–water partition coefficient (Wildman–Crippen LogP) is 3.64. The normalized spacial score (nSPS) is 18.8. The topological polar surface area (TPSA) is 96.0 Å². The lowest BCUT2D eigenvalue weighted by molar-refractivity contribution is -0.171. The molecule has 0 heterocycles. The van der Waals surface area contributed by atoms with Crippen LogP contribution in [0.1, 0.15) is 47.0 Å². The highest BCUT2D eigenvalue weighted by Crippen LogP contribution is 2.32. The third-order valence-corrected chi connectivity index (χ3v) is 5.09. The first-order valence-electron chi connectivity index (χ1n) is 10.3. The number of carbonyl (C=O) groups excluding carboxylic acids is 4. The van der Waals surface area contributed by atoms with Gasteiger partial charge in [-0.25, -0.2) is 4.79 Å². The number of hydrogen-bond donors (Lipinski definition) is 0. The molecule has 0 unspecified atom stereocenters. The lowest BCUT2D eigenvalue weighted by Gasteiger charge is -2.28. The van der Waals surface area contributed by atoms with Gasteiger partial charge in [-0.05, 0) is 52.2 Å². The largest absolute Gasteiger partial charge is 0.465 e. The highest BCUT2D eigenvalue weighted by molar-refractivity contribution is 6.00. The molecular formula is C24H32O7. The molecule has 0 radical (unpaired) electrons. The Morgan fingerprint density at radius 2 is 1.74 bits per heavy atom. The van der Waals surface area contributed by atoms with E-state index < -0.39 is 29.4 Å². The molecule has 31 heavy (non-hydrogen) atoms. The summed E-state index contributed by atoms with van der Waals surface area (Å²) in [5.41, 5.74) is -0.346. The molecule has 7 heteroatoms. The number of allylic oxidation sites excluding steroid dienone is 3. The monoisotopic (exact) mass is 432 g/mol. The van der Waals surface area contributed by atoms with Crippen LogP contribution in [0.3, 0.4) is 0 Å². The van der Waals surface area contributed by atoms with Gasteiger partial charge < -0.3 is 14.2 Å². The molecule has 0 amide bonds. The van der Waals surface area contributed by atoms with Crippen LogP contribution in [0.2, 0.25) is 0 Å². The number of rotatable bonds is 11. The molecule has 0 aromatic rings. The van der Waals surface area contributed by atoms with Crippen molar-refractivity contribution in [3.8, 4) is 0 Å². The smallest absolute Gasteiger partial charge is 0.331 e. The van der Waals surface area contributed by atoms with Gasteiger partial charge in [0.2, 0.25) is 0 Å². The first kappa shape index (κ1) is 26.1. The Morgan fingerprint density at radius 3 is 2.23 bits per heavy atom. The van der Waals surface area contributed by atoms with Crippen molar-refractivity contribution < 1.29 is 33.4 Å². The van der Waals surface area contributed by atoms with Crippen LogP contribution in [-0.2, 0) is 33.4 Å². The van der Waals surface area contributed by atoms with Gasteiger partial charge in [0.1, 0.15) is 6.10 Å². The standard InChI is InChI=1S/C24H32O7/c1-7-12-24(22(27)29-8-2,23(28)30-9-3)13-10-11-21(26)31-20-14-17(6)19(25)15-18(20)16(4)5/h7,10-11,14,18,20H,1,4,8-9,12-13,15H2,2-3,5-6H3/b11-10+/t18-,20-/m1/s1. The fourth-order valence-electron chi connectivity index (χ4n) is 3.32. The maximum Gasteiger partial charge on any atom is 0.331 e. The zero-order valence-corrected chi connectivity index (χ0v) is 18.8. The fourth-order valence-corrected chi connectivity index (χ4v) is 3.32. The summed E-state index contributed by atoms with van der Waals surface area (Å²) in [5, 5.41) is 0. The van der Waals surface area contributed by atoms with Gasteiger partial charge in [0.15, 0.2) is 11.2 Å². The van der Waals surface area contributed by atoms with E-state index in [-0.39, 0.29) is 44.2 Å². The second-order valence-corrected chi connectivity index (χ2v) is 7.45. The van der Waals surface area contributed by atoms with Gasteiger partial charge in [0.25, 0.3) is 0 Å². The van der Waals surface area contributed by atoms with Crippen LogP contribution in [0, 0.1) is 11.3 Å². The second kappa shape index (κ2) is 12.0. The maximum atomic E-state index is 12.6. The first-order valence-corrected chi connectivity index (χ1v) is 10.3. The number of ketones is 1. The Labute approximate surface area is 183 Å². The van der Waals surface area contributed by atoms with E-state index in [9.17, 15) is 19.2 Å². The van der Waals surface area contributed by atoms with E-state index in [0.717, 1.165) is 11.6 Å². The van der Waals surface area contributed by atoms with Crippen molar-refractivity contribution in [2.75, 3.05) is 13.2 Å². The maximum absolute atomic E-state index is 12.6. The van der Waals surface area contributed by atoms with E-state index in [1.807, 2.05) is 0 Å². The van der Waals surface area contributed by atoms with E-state index in [0.29, 0.717) is 5.57 Å². The van der Waals surface area contributed by atoms with Crippen molar-refractivity contribution in [2.45, 2.75) is 53.1 Å². The van der Waals surface area contributed by atoms with Crippen LogP contribution >= 0.6 is 0 Å². The van der Waals surface area contributed by atoms with Crippen molar-refractivity contribution in [1.82, 2.24) is 0 Å². The van der Waals surface area contributed by atoms with E-state index in [4.69, 9.17) is 14.2 Å². The van der Waals surface area contributed by atoms with E-state index >= 15 is 0 Å². The lowest BCUT2D eigenvalue weighted by atomic mass is 9.80. The second-order valence-electron chi connectivity index (χ2n) is 7.45. The average molecular weight is 433 g/mol. The van der Waals surface area contributed by atoms with Gasteiger partial charge in [0, 0.05) is 18.4 Å². The van der Waals surface area contributed by atoms with Gasteiger partial charge in [-0.1, -0.05) is 24.3 Å². The Hall–Kier alpha value is -2.96. The molecule has 0 aromatic heterocycles. The Bertz CT molecular complexity index is 770.